The van der Waals surface area contributed by atoms with E-state index in [4.69, 9.17) is 15.2 Å². The molecule has 2 aliphatic heterocycles. The first-order valence-corrected chi connectivity index (χ1v) is 11.5. The molecule has 10 heteroatoms. The summed E-state index contributed by atoms with van der Waals surface area (Å²) in [6.07, 6.45) is -2.56. The van der Waals surface area contributed by atoms with E-state index in [2.05, 4.69) is 9.97 Å². The predicted octanol–water partition coefficient (Wildman–Crippen LogP) is 4.64. The van der Waals surface area contributed by atoms with Crippen molar-refractivity contribution in [1.82, 2.24) is 14.9 Å². The zero-order valence-corrected chi connectivity index (χ0v) is 19.1. The van der Waals surface area contributed by atoms with Crippen LogP contribution in [0.2, 0.25) is 0 Å². The van der Waals surface area contributed by atoms with Gasteiger partial charge in [0.2, 0.25) is 0 Å². The molecule has 2 N–H and O–H groups in total. The first-order chi connectivity index (χ1) is 16.7. The smallest absolute Gasteiger partial charge is 0.383 e. The zero-order valence-electron chi connectivity index (χ0n) is 19.1. The van der Waals surface area contributed by atoms with Crippen molar-refractivity contribution in [2.24, 2.45) is 0 Å². The molecule has 0 radical (unpaired) electrons. The van der Waals surface area contributed by atoms with E-state index in [-0.39, 0.29) is 24.6 Å². The summed E-state index contributed by atoms with van der Waals surface area (Å²) in [7, 11) is 0. The van der Waals surface area contributed by atoms with Crippen LogP contribution in [0.15, 0.2) is 36.5 Å². The molecule has 2 aliphatic rings. The first kappa shape index (κ1) is 23.5. The summed E-state index contributed by atoms with van der Waals surface area (Å²) < 4.78 is 50.1. The summed E-state index contributed by atoms with van der Waals surface area (Å²) in [6.45, 7) is 3.42. The van der Waals surface area contributed by atoms with Gasteiger partial charge in [0.15, 0.2) is 0 Å². The Balaban J connectivity index is 1.49. The lowest BCUT2D eigenvalue weighted by molar-refractivity contribution is -0.137. The van der Waals surface area contributed by atoms with E-state index in [1.165, 1.54) is 6.07 Å². The molecule has 0 bridgehead atoms. The van der Waals surface area contributed by atoms with Crippen LogP contribution < -0.4 is 5.73 Å². The lowest BCUT2D eigenvalue weighted by Gasteiger charge is -2.34. The molecule has 4 heterocycles. The number of nitrogens with zero attached hydrogens (tertiary/aromatic N) is 3. The fraction of sp³-hybridized carbons (Fsp3) is 0.400. The van der Waals surface area contributed by atoms with Gasteiger partial charge in [-0.05, 0) is 55.7 Å². The number of carbonyl (C=O) groups excluding carboxylic acids is 1. The second-order valence-electron chi connectivity index (χ2n) is 8.89. The van der Waals surface area contributed by atoms with E-state index in [0.29, 0.717) is 55.3 Å². The van der Waals surface area contributed by atoms with Crippen LogP contribution in [0.4, 0.5) is 19.0 Å². The molecule has 0 spiro atoms. The minimum Gasteiger partial charge on any atom is -0.383 e. The quantitative estimate of drug-likeness (QED) is 0.578. The predicted molar refractivity (Wildman–Crippen MR) is 122 cm³/mol. The largest absolute Gasteiger partial charge is 0.417 e. The summed E-state index contributed by atoms with van der Waals surface area (Å²) in [5, 5.41) is 0.809. The maximum atomic E-state index is 13.8. The van der Waals surface area contributed by atoms with Crippen LogP contribution in [0.1, 0.15) is 58.6 Å². The van der Waals surface area contributed by atoms with Gasteiger partial charge in [0.05, 0.1) is 36.0 Å². The standard InChI is InChI=1S/C25H25F3N4O3/c1-14-22-20(13-35-14)19-10-15(2-5-21(19)31-23(22)29)24(33)32(18-6-8-34-9-7-18)12-17-4-3-16(11-30-17)25(26,27)28/h2-5,10-11,14,18H,6-9,12-13H2,1H3,(H2,29,31)/t14-/m1/s1. The van der Waals surface area contributed by atoms with Gasteiger partial charge in [-0.15, -0.1) is 0 Å². The molecule has 0 saturated carbocycles. The number of aromatic nitrogens is 2. The van der Waals surface area contributed by atoms with Crippen LogP contribution in [-0.4, -0.2) is 40.0 Å². The number of nitrogen functional groups attached to an aromatic ring is 1. The van der Waals surface area contributed by atoms with Crippen LogP contribution in [-0.2, 0) is 28.8 Å². The van der Waals surface area contributed by atoms with E-state index in [1.807, 2.05) is 6.92 Å². The van der Waals surface area contributed by atoms with Crippen molar-refractivity contribution in [2.75, 3.05) is 18.9 Å². The molecular formula is C25H25F3N4O3. The van der Waals surface area contributed by atoms with E-state index in [9.17, 15) is 18.0 Å². The molecule has 1 fully saturated rings. The SMILES string of the molecule is C[C@H]1OCc2c1c(N)nc1ccc(C(=O)N(Cc3ccc(C(F)(F)F)cn3)C3CCOCC3)cc21. The Morgan fingerprint density at radius 1 is 1.20 bits per heavy atom. The molecule has 184 valence electrons. The minimum atomic E-state index is -4.47. The van der Waals surface area contributed by atoms with Crippen molar-refractivity contribution in [3.05, 3.63) is 64.5 Å². The first-order valence-electron chi connectivity index (χ1n) is 11.5. The second-order valence-corrected chi connectivity index (χ2v) is 8.89. The van der Waals surface area contributed by atoms with Gasteiger partial charge in [-0.25, -0.2) is 4.98 Å². The maximum Gasteiger partial charge on any atom is 0.417 e. The molecule has 5 rings (SSSR count). The highest BCUT2D eigenvalue weighted by Crippen LogP contribution is 2.38. The van der Waals surface area contributed by atoms with Crippen LogP contribution in [0.3, 0.4) is 0 Å². The van der Waals surface area contributed by atoms with Crippen LogP contribution in [0, 0.1) is 0 Å². The lowest BCUT2D eigenvalue weighted by Crippen LogP contribution is -2.43. The van der Waals surface area contributed by atoms with E-state index >= 15 is 0 Å². The molecule has 7 nitrogen and oxygen atoms in total. The average molecular weight is 486 g/mol. The normalized spacial score (nSPS) is 18.6. The third-order valence-electron chi connectivity index (χ3n) is 6.67. The summed E-state index contributed by atoms with van der Waals surface area (Å²) >= 11 is 0. The third-order valence-corrected chi connectivity index (χ3v) is 6.67. The molecule has 2 aromatic heterocycles. The molecule has 1 aromatic carbocycles. The highest BCUT2D eigenvalue weighted by atomic mass is 19.4. The molecule has 3 aromatic rings. The van der Waals surface area contributed by atoms with E-state index in [1.54, 1.807) is 23.1 Å². The van der Waals surface area contributed by atoms with E-state index in [0.717, 1.165) is 28.8 Å². The Morgan fingerprint density at radius 3 is 2.66 bits per heavy atom. The molecule has 1 amide bonds. The molecule has 0 aliphatic carbocycles. The van der Waals surface area contributed by atoms with Crippen molar-refractivity contribution >= 4 is 22.6 Å². The molecule has 1 atom stereocenters. The number of benzene rings is 1. The Labute approximate surface area is 200 Å². The zero-order chi connectivity index (χ0) is 24.7. The van der Waals surface area contributed by atoms with Crippen molar-refractivity contribution < 1.29 is 27.4 Å². The van der Waals surface area contributed by atoms with Crippen LogP contribution >= 0.6 is 0 Å². The average Bonchev–Trinajstić information content (AvgIpc) is 3.25. The fourth-order valence-electron chi connectivity index (χ4n) is 4.79. The van der Waals surface area contributed by atoms with Gasteiger partial charge in [0, 0.05) is 42.0 Å². The number of anilines is 1. The van der Waals surface area contributed by atoms with Gasteiger partial charge in [-0.1, -0.05) is 0 Å². The third kappa shape index (κ3) is 4.55. The van der Waals surface area contributed by atoms with Gasteiger partial charge in [0.1, 0.15) is 5.82 Å². The number of amides is 1. The minimum absolute atomic E-state index is 0.0952. The number of nitrogens with two attached hydrogens (primary N) is 1. The Kier molecular flexibility index (Phi) is 6.10. The molecule has 35 heavy (non-hydrogen) atoms. The van der Waals surface area contributed by atoms with Gasteiger partial charge >= 0.3 is 6.18 Å². The molecule has 0 unspecified atom stereocenters. The topological polar surface area (TPSA) is 90.6 Å². The number of carbonyl (C=O) groups is 1. The molecular weight excluding hydrogens is 461 g/mol. The number of halogens is 3. The Hall–Kier alpha value is -3.24. The van der Waals surface area contributed by atoms with Crippen LogP contribution in [0.25, 0.3) is 10.9 Å². The van der Waals surface area contributed by atoms with Crippen molar-refractivity contribution in [2.45, 2.75) is 51.2 Å². The number of hydrogen-bond acceptors (Lipinski definition) is 6. The highest BCUT2D eigenvalue weighted by molar-refractivity contribution is 5.99. The number of ether oxygens (including phenoxy) is 2. The second kappa shape index (κ2) is 9.09. The van der Waals surface area contributed by atoms with Gasteiger partial charge in [-0.3, -0.25) is 9.78 Å². The van der Waals surface area contributed by atoms with Gasteiger partial charge < -0.3 is 20.1 Å². The van der Waals surface area contributed by atoms with Crippen molar-refractivity contribution in [3.63, 3.8) is 0 Å². The summed E-state index contributed by atoms with van der Waals surface area (Å²) in [5.41, 5.74) is 8.62. The van der Waals surface area contributed by atoms with E-state index < -0.39 is 11.7 Å². The van der Waals surface area contributed by atoms with Gasteiger partial charge in [-0.2, -0.15) is 13.2 Å². The maximum absolute atomic E-state index is 13.8. The lowest BCUT2D eigenvalue weighted by atomic mass is 9.99. The fourth-order valence-corrected chi connectivity index (χ4v) is 4.79. The Bertz CT molecular complexity index is 1260. The Morgan fingerprint density at radius 2 is 1.97 bits per heavy atom. The van der Waals surface area contributed by atoms with Crippen LogP contribution in [0.5, 0.6) is 0 Å². The number of rotatable bonds is 4. The monoisotopic (exact) mass is 486 g/mol. The molecule has 1 saturated heterocycles. The van der Waals surface area contributed by atoms with Gasteiger partial charge in [0.25, 0.3) is 5.91 Å². The number of hydrogen-bond donors (Lipinski definition) is 1. The number of alkyl halides is 3. The summed E-state index contributed by atoms with van der Waals surface area (Å²) in [6, 6.07) is 7.47. The summed E-state index contributed by atoms with van der Waals surface area (Å²) in [4.78, 5) is 23.9. The van der Waals surface area contributed by atoms with Crippen molar-refractivity contribution in [3.8, 4) is 0 Å². The van der Waals surface area contributed by atoms with Crippen molar-refractivity contribution in [1.29, 1.82) is 0 Å². The highest BCUT2D eigenvalue weighted by Gasteiger charge is 2.32. The summed E-state index contributed by atoms with van der Waals surface area (Å²) in [5.74, 6) is 0.201. The number of fused-ring (bicyclic) bond motifs is 3. The number of pyridine rings is 2.